The van der Waals surface area contributed by atoms with Crippen molar-refractivity contribution in [1.82, 2.24) is 4.98 Å². The van der Waals surface area contributed by atoms with Gasteiger partial charge in [-0.15, -0.1) is 0 Å². The molecule has 0 fully saturated rings. The van der Waals surface area contributed by atoms with Crippen molar-refractivity contribution < 1.29 is 4.98 Å². The summed E-state index contributed by atoms with van der Waals surface area (Å²) in [6.07, 6.45) is 7.01. The van der Waals surface area contributed by atoms with Gasteiger partial charge >= 0.3 is 0 Å². The quantitative estimate of drug-likeness (QED) is 0.648. The third-order valence-electron chi connectivity index (χ3n) is 2.99. The maximum Gasteiger partial charge on any atom is 0.285 e. The first-order valence-electron chi connectivity index (χ1n) is 5.14. The average Bonchev–Trinajstić information content (AvgIpc) is 2.57. The van der Waals surface area contributed by atoms with Crippen LogP contribution < -0.4 is 4.98 Å². The van der Waals surface area contributed by atoms with Gasteiger partial charge in [-0.2, -0.15) is 0 Å². The van der Waals surface area contributed by atoms with E-state index in [-0.39, 0.29) is 0 Å². The molecular formula is C11H13N2S+. The largest absolute Gasteiger partial charge is 0.285 e. The summed E-state index contributed by atoms with van der Waals surface area (Å²) in [5.74, 6) is 0. The molecule has 0 aromatic carbocycles. The lowest BCUT2D eigenvalue weighted by Gasteiger charge is -2.09. The highest BCUT2D eigenvalue weighted by atomic mass is 32.1. The molecule has 0 saturated heterocycles. The summed E-state index contributed by atoms with van der Waals surface area (Å²) in [4.78, 5) is 10.5. The lowest BCUT2D eigenvalue weighted by Crippen LogP contribution is -2.04. The van der Waals surface area contributed by atoms with E-state index < -0.39 is 0 Å². The Balaban J connectivity index is 2.38. The Labute approximate surface area is 87.0 Å². The predicted octanol–water partition coefficient (Wildman–Crippen LogP) is 2.30. The zero-order chi connectivity index (χ0) is 9.54. The van der Waals surface area contributed by atoms with E-state index in [0.717, 1.165) is 0 Å². The van der Waals surface area contributed by atoms with Crippen molar-refractivity contribution in [3.05, 3.63) is 22.5 Å². The first kappa shape index (κ1) is 8.36. The van der Waals surface area contributed by atoms with Crippen LogP contribution in [0.15, 0.2) is 6.33 Å². The van der Waals surface area contributed by atoms with Crippen LogP contribution in [0.5, 0.6) is 0 Å². The van der Waals surface area contributed by atoms with Gasteiger partial charge in [0.15, 0.2) is 10.5 Å². The van der Waals surface area contributed by atoms with E-state index in [9.17, 15) is 0 Å². The number of H-pyrrole nitrogens is 1. The number of aromatic amines is 1. The average molecular weight is 205 g/mol. The van der Waals surface area contributed by atoms with E-state index in [1.807, 2.05) is 11.3 Å². The molecule has 0 spiro atoms. The molecule has 0 amide bonds. The van der Waals surface area contributed by atoms with Crippen LogP contribution in [0.3, 0.4) is 0 Å². The van der Waals surface area contributed by atoms with E-state index in [1.54, 1.807) is 16.8 Å². The number of hydrogen-bond acceptors (Lipinski definition) is 2. The molecule has 0 unspecified atom stereocenters. The van der Waals surface area contributed by atoms with Crippen molar-refractivity contribution in [3.63, 3.8) is 0 Å². The molecule has 1 aliphatic carbocycles. The number of nitrogens with one attached hydrogen (secondary N) is 1. The summed E-state index contributed by atoms with van der Waals surface area (Å²) in [6, 6.07) is 0. The number of fused-ring (bicyclic) bond motifs is 3. The maximum absolute atomic E-state index is 4.34. The summed E-state index contributed by atoms with van der Waals surface area (Å²) in [6.45, 7) is 2.11. The monoisotopic (exact) mass is 205 g/mol. The highest BCUT2D eigenvalue weighted by Gasteiger charge is 2.20. The summed E-state index contributed by atoms with van der Waals surface area (Å²) < 4.78 is 0. The summed E-state index contributed by atoms with van der Waals surface area (Å²) in [5, 5.41) is 1.40. The van der Waals surface area contributed by atoms with Gasteiger partial charge in [-0.1, -0.05) is 16.3 Å². The van der Waals surface area contributed by atoms with Gasteiger partial charge in [0.25, 0.3) is 6.33 Å². The van der Waals surface area contributed by atoms with Gasteiger partial charge in [0.05, 0.1) is 5.39 Å². The summed E-state index contributed by atoms with van der Waals surface area (Å²) in [7, 11) is 0. The first-order chi connectivity index (χ1) is 6.86. The van der Waals surface area contributed by atoms with Gasteiger partial charge in [0, 0.05) is 11.8 Å². The first-order valence-corrected chi connectivity index (χ1v) is 5.95. The third-order valence-corrected chi connectivity index (χ3v) is 4.21. The van der Waals surface area contributed by atoms with E-state index in [0.29, 0.717) is 0 Å². The molecule has 2 aromatic rings. The Bertz CT molecular complexity index is 487. The Morgan fingerprint density at radius 3 is 3.14 bits per heavy atom. The minimum absolute atomic E-state index is 1.18. The topological polar surface area (TPSA) is 27.0 Å². The molecule has 3 heteroatoms. The molecule has 72 valence electrons. The SMILES string of the molecule is Cc1nc[nH+]c2sc3c(c12)CCCC3. The van der Waals surface area contributed by atoms with Crippen LogP contribution in [-0.4, -0.2) is 4.98 Å². The van der Waals surface area contributed by atoms with Crippen molar-refractivity contribution in [1.29, 1.82) is 0 Å². The molecule has 0 bridgehead atoms. The standard InChI is InChI=1S/C11H12N2S/c1-7-10-8-4-2-3-5-9(8)14-11(10)13-6-12-7/h6H,2-5H2,1H3/p+1. The van der Waals surface area contributed by atoms with Gasteiger partial charge in [-0.25, -0.2) is 4.98 Å². The Morgan fingerprint density at radius 1 is 1.36 bits per heavy atom. The molecule has 1 aliphatic rings. The zero-order valence-electron chi connectivity index (χ0n) is 8.26. The summed E-state index contributed by atoms with van der Waals surface area (Å²) in [5.41, 5.74) is 2.75. The van der Waals surface area contributed by atoms with Crippen LogP contribution in [0.25, 0.3) is 10.2 Å². The smallest absolute Gasteiger partial charge is 0.234 e. The second-order valence-corrected chi connectivity index (χ2v) is 5.01. The fourth-order valence-corrected chi connectivity index (χ4v) is 3.61. The molecule has 2 nitrogen and oxygen atoms in total. The lowest BCUT2D eigenvalue weighted by molar-refractivity contribution is -0.346. The van der Waals surface area contributed by atoms with Crippen LogP contribution in [0.2, 0.25) is 0 Å². The number of aromatic nitrogens is 2. The van der Waals surface area contributed by atoms with E-state index in [4.69, 9.17) is 0 Å². The van der Waals surface area contributed by atoms with Crippen LogP contribution >= 0.6 is 11.3 Å². The molecule has 0 radical (unpaired) electrons. The Hall–Kier alpha value is -0.960. The highest BCUT2D eigenvalue weighted by Crippen LogP contribution is 2.34. The molecule has 1 N–H and O–H groups in total. The number of aryl methyl sites for hydroxylation is 3. The molecule has 0 saturated carbocycles. The van der Waals surface area contributed by atoms with Crippen molar-refractivity contribution in [2.24, 2.45) is 0 Å². The molecule has 0 atom stereocenters. The third kappa shape index (κ3) is 1.08. The Morgan fingerprint density at radius 2 is 2.21 bits per heavy atom. The normalized spacial score (nSPS) is 15.8. The van der Waals surface area contributed by atoms with Crippen molar-refractivity contribution in [2.45, 2.75) is 32.6 Å². The summed E-state index contributed by atoms with van der Waals surface area (Å²) >= 11 is 1.92. The molecule has 2 aromatic heterocycles. The fraction of sp³-hybridized carbons (Fsp3) is 0.455. The second kappa shape index (κ2) is 3.02. The van der Waals surface area contributed by atoms with Crippen molar-refractivity contribution in [2.75, 3.05) is 0 Å². The minimum atomic E-state index is 1.18. The zero-order valence-corrected chi connectivity index (χ0v) is 9.08. The molecular weight excluding hydrogens is 192 g/mol. The number of rotatable bonds is 0. The molecule has 2 heterocycles. The van der Waals surface area contributed by atoms with Gasteiger partial charge < -0.3 is 0 Å². The highest BCUT2D eigenvalue weighted by molar-refractivity contribution is 7.18. The molecule has 14 heavy (non-hydrogen) atoms. The molecule has 0 aliphatic heterocycles. The van der Waals surface area contributed by atoms with Crippen LogP contribution in [-0.2, 0) is 12.8 Å². The van der Waals surface area contributed by atoms with Crippen LogP contribution in [0.1, 0.15) is 29.0 Å². The van der Waals surface area contributed by atoms with Gasteiger partial charge in [-0.3, -0.25) is 0 Å². The van der Waals surface area contributed by atoms with Crippen molar-refractivity contribution in [3.8, 4) is 0 Å². The maximum atomic E-state index is 4.34. The van der Waals surface area contributed by atoms with Gasteiger partial charge in [0.1, 0.15) is 0 Å². The fourth-order valence-electron chi connectivity index (χ4n) is 2.30. The number of hydrogen-bond donors (Lipinski definition) is 0. The van der Waals surface area contributed by atoms with Crippen LogP contribution in [0, 0.1) is 6.92 Å². The van der Waals surface area contributed by atoms with Gasteiger partial charge in [0.2, 0.25) is 0 Å². The molecule has 3 rings (SSSR count). The number of thiophene rings is 1. The number of nitrogens with zero attached hydrogens (tertiary/aromatic N) is 1. The van der Waals surface area contributed by atoms with Crippen LogP contribution in [0.4, 0.5) is 0 Å². The second-order valence-electron chi connectivity index (χ2n) is 3.90. The van der Waals surface area contributed by atoms with E-state index in [1.165, 1.54) is 41.6 Å². The van der Waals surface area contributed by atoms with Crippen molar-refractivity contribution >= 4 is 21.6 Å². The Kier molecular flexibility index (Phi) is 1.80. The predicted molar refractivity (Wildman–Crippen MR) is 57.6 cm³/mol. The van der Waals surface area contributed by atoms with Gasteiger partial charge in [-0.05, 0) is 31.2 Å². The lowest BCUT2D eigenvalue weighted by atomic mass is 9.96. The minimum Gasteiger partial charge on any atom is -0.234 e. The van der Waals surface area contributed by atoms with E-state index in [2.05, 4.69) is 16.9 Å². The van der Waals surface area contributed by atoms with E-state index >= 15 is 0 Å².